The third-order valence-electron chi connectivity index (χ3n) is 6.60. The smallest absolute Gasteiger partial charge is 0.337 e. The molecule has 0 radical (unpaired) electrons. The van der Waals surface area contributed by atoms with Crippen molar-refractivity contribution in [3.63, 3.8) is 0 Å². The van der Waals surface area contributed by atoms with Crippen LogP contribution in [0.25, 0.3) is 11.6 Å². The van der Waals surface area contributed by atoms with Gasteiger partial charge in [-0.05, 0) is 70.2 Å². The Bertz CT molecular complexity index is 978. The minimum atomic E-state index is -0.308. The molecule has 3 heteroatoms. The maximum absolute atomic E-state index is 11.7. The van der Waals surface area contributed by atoms with Crippen molar-refractivity contribution < 1.29 is 14.3 Å². The highest BCUT2D eigenvalue weighted by molar-refractivity contribution is 5.90. The first-order chi connectivity index (χ1) is 13.7. The van der Waals surface area contributed by atoms with E-state index in [0.29, 0.717) is 12.2 Å². The lowest BCUT2D eigenvalue weighted by Gasteiger charge is -2.42. The largest absolute Gasteiger partial charge is 0.493 e. The van der Waals surface area contributed by atoms with E-state index in [4.69, 9.17) is 9.47 Å². The van der Waals surface area contributed by atoms with Gasteiger partial charge < -0.3 is 9.47 Å². The molecule has 1 aliphatic carbocycles. The van der Waals surface area contributed by atoms with Crippen molar-refractivity contribution in [3.05, 3.63) is 64.2 Å². The SMILES string of the molecule is COC(=O)c1ccc(/C=C2\CCOc3cc4c(cc32)C(C)(C)CCC4(C)C)cc1. The Morgan fingerprint density at radius 3 is 2.24 bits per heavy atom. The fourth-order valence-electron chi connectivity index (χ4n) is 4.55. The molecular weight excluding hydrogens is 360 g/mol. The molecule has 0 N–H and O–H groups in total. The third-order valence-corrected chi connectivity index (χ3v) is 6.60. The molecular formula is C26H30O3. The lowest BCUT2D eigenvalue weighted by Crippen LogP contribution is -2.34. The number of hydrogen-bond acceptors (Lipinski definition) is 3. The number of esters is 1. The number of hydrogen-bond donors (Lipinski definition) is 0. The fraction of sp³-hybridized carbons (Fsp3) is 0.423. The minimum Gasteiger partial charge on any atom is -0.493 e. The molecule has 1 heterocycles. The second-order valence-electron chi connectivity index (χ2n) is 9.54. The Balaban J connectivity index is 1.77. The Morgan fingerprint density at radius 1 is 1.00 bits per heavy atom. The predicted octanol–water partition coefficient (Wildman–Crippen LogP) is 6.15. The van der Waals surface area contributed by atoms with E-state index in [9.17, 15) is 4.79 Å². The van der Waals surface area contributed by atoms with Crippen molar-refractivity contribution in [1.29, 1.82) is 0 Å². The minimum absolute atomic E-state index is 0.171. The van der Waals surface area contributed by atoms with Gasteiger partial charge >= 0.3 is 5.97 Å². The van der Waals surface area contributed by atoms with Crippen molar-refractivity contribution in [2.75, 3.05) is 13.7 Å². The summed E-state index contributed by atoms with van der Waals surface area (Å²) in [6, 6.07) is 12.2. The summed E-state index contributed by atoms with van der Waals surface area (Å²) in [5.41, 5.74) is 7.37. The van der Waals surface area contributed by atoms with Crippen LogP contribution in [0.4, 0.5) is 0 Å². The molecule has 0 fully saturated rings. The number of fused-ring (bicyclic) bond motifs is 2. The third kappa shape index (κ3) is 3.59. The second-order valence-corrected chi connectivity index (χ2v) is 9.54. The molecule has 0 unspecified atom stereocenters. The maximum Gasteiger partial charge on any atom is 0.337 e. The Kier molecular flexibility index (Phi) is 4.80. The van der Waals surface area contributed by atoms with Gasteiger partial charge in [-0.25, -0.2) is 4.79 Å². The molecule has 3 nitrogen and oxygen atoms in total. The number of ether oxygens (including phenoxy) is 2. The van der Waals surface area contributed by atoms with E-state index in [1.165, 1.54) is 42.2 Å². The zero-order valence-corrected chi connectivity index (χ0v) is 18.1. The standard InChI is InChI=1S/C26H30O3/c1-25(2)11-12-26(3,4)22-16-23-20(15-21(22)25)19(10-13-29-23)14-17-6-8-18(9-7-17)24(27)28-5/h6-9,14-16H,10-13H2,1-5H3/b19-14+. The summed E-state index contributed by atoms with van der Waals surface area (Å²) in [5, 5.41) is 0. The summed E-state index contributed by atoms with van der Waals surface area (Å²) in [4.78, 5) is 11.7. The van der Waals surface area contributed by atoms with Gasteiger partial charge in [-0.2, -0.15) is 0 Å². The molecule has 0 saturated heterocycles. The van der Waals surface area contributed by atoms with Crippen LogP contribution in [-0.2, 0) is 15.6 Å². The van der Waals surface area contributed by atoms with Gasteiger partial charge in [-0.15, -0.1) is 0 Å². The van der Waals surface area contributed by atoms with E-state index in [2.05, 4.69) is 45.9 Å². The quantitative estimate of drug-likeness (QED) is 0.577. The monoisotopic (exact) mass is 390 g/mol. The summed E-state index contributed by atoms with van der Waals surface area (Å²) in [5.74, 6) is 0.690. The first-order valence-electron chi connectivity index (χ1n) is 10.4. The van der Waals surface area contributed by atoms with Crippen LogP contribution in [-0.4, -0.2) is 19.7 Å². The predicted molar refractivity (Wildman–Crippen MR) is 117 cm³/mol. The van der Waals surface area contributed by atoms with Crippen LogP contribution in [0, 0.1) is 0 Å². The molecule has 0 spiro atoms. The van der Waals surface area contributed by atoms with Crippen LogP contribution < -0.4 is 4.74 Å². The van der Waals surface area contributed by atoms with Crippen molar-refractivity contribution in [1.82, 2.24) is 0 Å². The summed E-state index contributed by atoms with van der Waals surface area (Å²) < 4.78 is 10.9. The van der Waals surface area contributed by atoms with E-state index < -0.39 is 0 Å². The summed E-state index contributed by atoms with van der Waals surface area (Å²) >= 11 is 0. The van der Waals surface area contributed by atoms with Crippen LogP contribution in [0.5, 0.6) is 5.75 Å². The highest BCUT2D eigenvalue weighted by atomic mass is 16.5. The van der Waals surface area contributed by atoms with Crippen molar-refractivity contribution in [2.45, 2.75) is 57.8 Å². The van der Waals surface area contributed by atoms with Gasteiger partial charge in [0.05, 0.1) is 19.3 Å². The van der Waals surface area contributed by atoms with Gasteiger partial charge in [-0.3, -0.25) is 0 Å². The molecule has 0 aromatic heterocycles. The fourth-order valence-corrected chi connectivity index (χ4v) is 4.55. The van der Waals surface area contributed by atoms with Crippen LogP contribution in [0.2, 0.25) is 0 Å². The first kappa shape index (κ1) is 19.8. The lowest BCUT2D eigenvalue weighted by molar-refractivity contribution is 0.0600. The second kappa shape index (κ2) is 7.05. The summed E-state index contributed by atoms with van der Waals surface area (Å²) in [6.45, 7) is 10.1. The average Bonchev–Trinajstić information content (AvgIpc) is 2.71. The average molecular weight is 391 g/mol. The summed E-state index contributed by atoms with van der Waals surface area (Å²) in [6.07, 6.45) is 5.49. The number of carbonyl (C=O) groups excluding carboxylic acids is 1. The van der Waals surface area contributed by atoms with Gasteiger partial charge in [0, 0.05) is 12.0 Å². The van der Waals surface area contributed by atoms with E-state index in [0.717, 1.165) is 17.7 Å². The normalized spacial score (nSPS) is 20.4. The van der Waals surface area contributed by atoms with E-state index in [1.54, 1.807) is 0 Å². The van der Waals surface area contributed by atoms with Gasteiger partial charge in [0.1, 0.15) is 5.75 Å². The van der Waals surface area contributed by atoms with E-state index >= 15 is 0 Å². The zero-order valence-electron chi connectivity index (χ0n) is 18.1. The van der Waals surface area contributed by atoms with Crippen molar-refractivity contribution in [3.8, 4) is 5.75 Å². The lowest BCUT2D eigenvalue weighted by atomic mass is 9.62. The van der Waals surface area contributed by atoms with Crippen LogP contribution in [0.3, 0.4) is 0 Å². The maximum atomic E-state index is 11.7. The van der Waals surface area contributed by atoms with Gasteiger partial charge in [-0.1, -0.05) is 45.9 Å². The van der Waals surface area contributed by atoms with Gasteiger partial charge in [0.15, 0.2) is 0 Å². The molecule has 2 aliphatic rings. The summed E-state index contributed by atoms with van der Waals surface area (Å²) in [7, 11) is 1.40. The number of carbonyl (C=O) groups is 1. The van der Waals surface area contributed by atoms with Crippen molar-refractivity contribution >= 4 is 17.6 Å². The Labute approximate surface area is 173 Å². The molecule has 29 heavy (non-hydrogen) atoms. The molecule has 0 bridgehead atoms. The number of methoxy groups -OCH3 is 1. The molecule has 152 valence electrons. The first-order valence-corrected chi connectivity index (χ1v) is 10.4. The molecule has 1 aliphatic heterocycles. The molecule has 2 aromatic rings. The molecule has 0 atom stereocenters. The van der Waals surface area contributed by atoms with E-state index in [1.807, 2.05) is 24.3 Å². The highest BCUT2D eigenvalue weighted by Gasteiger charge is 2.38. The molecule has 0 amide bonds. The van der Waals surface area contributed by atoms with Crippen LogP contribution in [0.15, 0.2) is 36.4 Å². The topological polar surface area (TPSA) is 35.5 Å². The van der Waals surface area contributed by atoms with Crippen LogP contribution >= 0.6 is 0 Å². The Hall–Kier alpha value is -2.55. The van der Waals surface area contributed by atoms with Gasteiger partial charge in [0.25, 0.3) is 0 Å². The highest BCUT2D eigenvalue weighted by Crippen LogP contribution is 2.49. The molecule has 0 saturated carbocycles. The number of benzene rings is 2. The number of rotatable bonds is 2. The molecule has 2 aromatic carbocycles. The van der Waals surface area contributed by atoms with Gasteiger partial charge in [0.2, 0.25) is 0 Å². The van der Waals surface area contributed by atoms with E-state index in [-0.39, 0.29) is 16.8 Å². The van der Waals surface area contributed by atoms with Crippen molar-refractivity contribution in [2.24, 2.45) is 0 Å². The van der Waals surface area contributed by atoms with Crippen LogP contribution in [0.1, 0.15) is 79.6 Å². The molecule has 4 rings (SSSR count). The Morgan fingerprint density at radius 2 is 1.62 bits per heavy atom. The zero-order chi connectivity index (χ0) is 20.8.